The largest absolute Gasteiger partial charge is 0.314 e. The Bertz CT molecular complexity index is 120. The van der Waals surface area contributed by atoms with Crippen LogP contribution in [-0.4, -0.2) is 13.1 Å². The van der Waals surface area contributed by atoms with Crippen LogP contribution in [0.2, 0.25) is 0 Å². The molecule has 1 nitrogen and oxygen atoms in total. The first-order chi connectivity index (χ1) is 6.85. The molecule has 0 heterocycles. The fraction of sp³-hybridized carbons (Fsp3) is 0.846. The summed E-state index contributed by atoms with van der Waals surface area (Å²) in [5, 5.41) is 3.24. The molecule has 1 heteroatoms. The highest BCUT2D eigenvalue weighted by Gasteiger charge is 1.98. The summed E-state index contributed by atoms with van der Waals surface area (Å²) >= 11 is 0. The molecule has 0 fully saturated rings. The topological polar surface area (TPSA) is 12.0 Å². The van der Waals surface area contributed by atoms with Crippen LogP contribution < -0.4 is 5.32 Å². The molecule has 0 aliphatic rings. The molecule has 0 bridgehead atoms. The number of rotatable bonds is 10. The molecule has 1 N–H and O–H groups in total. The van der Waals surface area contributed by atoms with Gasteiger partial charge in [-0.2, -0.15) is 0 Å². The van der Waals surface area contributed by atoms with E-state index < -0.39 is 0 Å². The molecule has 0 aromatic carbocycles. The van der Waals surface area contributed by atoms with Gasteiger partial charge in [0.25, 0.3) is 0 Å². The Morgan fingerprint density at radius 3 is 2.14 bits per heavy atom. The molecule has 0 aromatic heterocycles. The predicted octanol–water partition coefficient (Wildman–Crippen LogP) is 3.90. The van der Waals surface area contributed by atoms with Crippen molar-refractivity contribution in [3.05, 3.63) is 12.7 Å². The quantitative estimate of drug-likeness (QED) is 0.414. The molecule has 0 spiro atoms. The molecule has 0 aliphatic heterocycles. The summed E-state index contributed by atoms with van der Waals surface area (Å²) in [7, 11) is 2.01. The highest BCUT2D eigenvalue weighted by Crippen LogP contribution is 2.09. The first-order valence-corrected chi connectivity index (χ1v) is 6.15. The number of hydrogen-bond acceptors (Lipinski definition) is 1. The standard InChI is InChI=1S/C13H27N/c1-4-6-7-8-9-10-11-12-13(5-2)14-3/h5,13-14H,2,4,6-12H2,1,3H3. The molecule has 0 saturated heterocycles. The summed E-state index contributed by atoms with van der Waals surface area (Å²) in [6, 6.07) is 0.519. The van der Waals surface area contributed by atoms with Gasteiger partial charge in [0.15, 0.2) is 0 Å². The van der Waals surface area contributed by atoms with Crippen LogP contribution in [0.1, 0.15) is 58.3 Å². The van der Waals surface area contributed by atoms with Crippen molar-refractivity contribution < 1.29 is 0 Å². The van der Waals surface area contributed by atoms with Crippen molar-refractivity contribution in [3.63, 3.8) is 0 Å². The van der Waals surface area contributed by atoms with Crippen LogP contribution in [0.3, 0.4) is 0 Å². The van der Waals surface area contributed by atoms with Gasteiger partial charge in [0.1, 0.15) is 0 Å². The molecule has 0 aromatic rings. The van der Waals surface area contributed by atoms with E-state index in [-0.39, 0.29) is 0 Å². The van der Waals surface area contributed by atoms with Gasteiger partial charge in [-0.25, -0.2) is 0 Å². The zero-order valence-electron chi connectivity index (χ0n) is 10.0. The Morgan fingerprint density at radius 1 is 1.07 bits per heavy atom. The average Bonchev–Trinajstić information content (AvgIpc) is 2.22. The first kappa shape index (κ1) is 13.7. The third kappa shape index (κ3) is 8.31. The number of likely N-dealkylation sites (N-methyl/N-ethyl adjacent to an activating group) is 1. The summed E-state index contributed by atoms with van der Waals surface area (Å²) in [6.07, 6.45) is 13.0. The summed E-state index contributed by atoms with van der Waals surface area (Å²) in [5.41, 5.74) is 0. The minimum Gasteiger partial charge on any atom is -0.314 e. The van der Waals surface area contributed by atoms with Crippen LogP contribution in [-0.2, 0) is 0 Å². The lowest BCUT2D eigenvalue weighted by molar-refractivity contribution is 0.532. The zero-order chi connectivity index (χ0) is 10.6. The van der Waals surface area contributed by atoms with E-state index in [0.29, 0.717) is 6.04 Å². The van der Waals surface area contributed by atoms with E-state index in [1.807, 2.05) is 13.1 Å². The Balaban J connectivity index is 3.08. The number of unbranched alkanes of at least 4 members (excludes halogenated alkanes) is 6. The average molecular weight is 197 g/mol. The minimum atomic E-state index is 0.519. The van der Waals surface area contributed by atoms with Crippen molar-refractivity contribution in [3.8, 4) is 0 Å². The lowest BCUT2D eigenvalue weighted by Crippen LogP contribution is -2.21. The fourth-order valence-electron chi connectivity index (χ4n) is 1.70. The lowest BCUT2D eigenvalue weighted by Gasteiger charge is -2.10. The highest BCUT2D eigenvalue weighted by molar-refractivity contribution is 4.83. The van der Waals surface area contributed by atoms with Crippen LogP contribution >= 0.6 is 0 Å². The molecule has 84 valence electrons. The van der Waals surface area contributed by atoms with Crippen molar-refractivity contribution in [2.75, 3.05) is 7.05 Å². The van der Waals surface area contributed by atoms with Crippen LogP contribution in [0, 0.1) is 0 Å². The lowest BCUT2D eigenvalue weighted by atomic mass is 10.1. The van der Waals surface area contributed by atoms with E-state index in [0.717, 1.165) is 0 Å². The zero-order valence-corrected chi connectivity index (χ0v) is 10.0. The second kappa shape index (κ2) is 10.8. The van der Waals surface area contributed by atoms with Gasteiger partial charge in [0, 0.05) is 6.04 Å². The molecule has 0 saturated carbocycles. The van der Waals surface area contributed by atoms with Gasteiger partial charge < -0.3 is 5.32 Å². The monoisotopic (exact) mass is 197 g/mol. The summed E-state index contributed by atoms with van der Waals surface area (Å²) < 4.78 is 0. The normalized spacial score (nSPS) is 12.7. The van der Waals surface area contributed by atoms with E-state index in [9.17, 15) is 0 Å². The Kier molecular flexibility index (Phi) is 10.5. The molecular weight excluding hydrogens is 170 g/mol. The van der Waals surface area contributed by atoms with Gasteiger partial charge >= 0.3 is 0 Å². The Morgan fingerprint density at radius 2 is 1.64 bits per heavy atom. The maximum atomic E-state index is 3.81. The van der Waals surface area contributed by atoms with Gasteiger partial charge in [0.05, 0.1) is 0 Å². The molecule has 14 heavy (non-hydrogen) atoms. The van der Waals surface area contributed by atoms with Gasteiger partial charge in [-0.3, -0.25) is 0 Å². The molecule has 0 rings (SSSR count). The van der Waals surface area contributed by atoms with Crippen LogP contribution in [0.5, 0.6) is 0 Å². The van der Waals surface area contributed by atoms with E-state index in [1.54, 1.807) is 0 Å². The smallest absolute Gasteiger partial charge is 0.0244 e. The number of hydrogen-bond donors (Lipinski definition) is 1. The summed E-state index contributed by atoms with van der Waals surface area (Å²) in [4.78, 5) is 0. The maximum Gasteiger partial charge on any atom is 0.0244 e. The first-order valence-electron chi connectivity index (χ1n) is 6.15. The fourth-order valence-corrected chi connectivity index (χ4v) is 1.70. The van der Waals surface area contributed by atoms with Crippen LogP contribution in [0.4, 0.5) is 0 Å². The number of nitrogens with one attached hydrogen (secondary N) is 1. The second-order valence-electron chi connectivity index (χ2n) is 4.04. The molecule has 0 amide bonds. The van der Waals surface area contributed by atoms with Crippen LogP contribution in [0.15, 0.2) is 12.7 Å². The molecule has 1 unspecified atom stereocenters. The van der Waals surface area contributed by atoms with Gasteiger partial charge in [-0.15, -0.1) is 6.58 Å². The molecular formula is C13H27N. The van der Waals surface area contributed by atoms with Crippen molar-refractivity contribution in [2.24, 2.45) is 0 Å². The summed E-state index contributed by atoms with van der Waals surface area (Å²) in [6.45, 7) is 6.07. The second-order valence-corrected chi connectivity index (χ2v) is 4.04. The van der Waals surface area contributed by atoms with Crippen molar-refractivity contribution in [1.29, 1.82) is 0 Å². The predicted molar refractivity (Wildman–Crippen MR) is 65.7 cm³/mol. The van der Waals surface area contributed by atoms with E-state index >= 15 is 0 Å². The van der Waals surface area contributed by atoms with E-state index in [4.69, 9.17) is 0 Å². The highest BCUT2D eigenvalue weighted by atomic mass is 14.8. The van der Waals surface area contributed by atoms with Crippen molar-refractivity contribution >= 4 is 0 Å². The molecule has 0 aliphatic carbocycles. The third-order valence-electron chi connectivity index (χ3n) is 2.77. The van der Waals surface area contributed by atoms with Crippen molar-refractivity contribution in [2.45, 2.75) is 64.3 Å². The minimum absolute atomic E-state index is 0.519. The van der Waals surface area contributed by atoms with E-state index in [2.05, 4.69) is 18.8 Å². The van der Waals surface area contributed by atoms with Gasteiger partial charge in [0.2, 0.25) is 0 Å². The van der Waals surface area contributed by atoms with Gasteiger partial charge in [-0.05, 0) is 13.5 Å². The van der Waals surface area contributed by atoms with E-state index in [1.165, 1.54) is 51.4 Å². The Hall–Kier alpha value is -0.300. The summed E-state index contributed by atoms with van der Waals surface area (Å²) in [5.74, 6) is 0. The van der Waals surface area contributed by atoms with Crippen LogP contribution in [0.25, 0.3) is 0 Å². The van der Waals surface area contributed by atoms with Crippen molar-refractivity contribution in [1.82, 2.24) is 5.32 Å². The SMILES string of the molecule is C=CC(CCCCCCCCC)NC. The third-order valence-corrected chi connectivity index (χ3v) is 2.77. The van der Waals surface area contributed by atoms with Gasteiger partial charge in [-0.1, -0.05) is 57.9 Å². The maximum absolute atomic E-state index is 3.81. The molecule has 1 atom stereocenters. The Labute approximate surface area is 90.0 Å². The molecule has 0 radical (unpaired) electrons.